The van der Waals surface area contributed by atoms with Crippen molar-refractivity contribution in [1.29, 1.82) is 0 Å². The van der Waals surface area contributed by atoms with E-state index in [2.05, 4.69) is 5.32 Å². The molecule has 0 bridgehead atoms. The molecule has 5 aliphatic rings. The fourth-order valence-corrected chi connectivity index (χ4v) is 9.54. The lowest BCUT2D eigenvalue weighted by atomic mass is 9.89. The summed E-state index contributed by atoms with van der Waals surface area (Å²) in [5.74, 6) is -10.3. The maximum atomic E-state index is 13.5. The maximum Gasteiger partial charge on any atom is 0.364 e. The van der Waals surface area contributed by atoms with Gasteiger partial charge in [-0.05, 0) is 34.0 Å². The van der Waals surface area contributed by atoms with E-state index in [9.17, 15) is 81.1 Å². The molecule has 0 aromatic carbocycles. The summed E-state index contributed by atoms with van der Waals surface area (Å²) in [5, 5.41) is 152. The Morgan fingerprint density at radius 2 is 1.30 bits per heavy atom. The summed E-state index contributed by atoms with van der Waals surface area (Å²) in [6.07, 6.45) is -36.9. The van der Waals surface area contributed by atoms with Crippen LogP contribution in [0.3, 0.4) is 0 Å². The highest BCUT2D eigenvalue weighted by Gasteiger charge is 2.63. The molecule has 26 atom stereocenters. The molecule has 5 saturated heterocycles. The monoisotopic (exact) mass is 1050 g/mol. The molecule has 2 unspecified atom stereocenters. The van der Waals surface area contributed by atoms with E-state index < -0.39 is 198 Å². The van der Waals surface area contributed by atoms with Gasteiger partial charge in [-0.1, -0.05) is 0 Å². The van der Waals surface area contributed by atoms with E-state index in [4.69, 9.17) is 51.7 Å². The molecule has 5 aliphatic heterocycles. The van der Waals surface area contributed by atoms with Gasteiger partial charge in [-0.2, -0.15) is 0 Å². The molecule has 15 N–H and O–H groups in total. The van der Waals surface area contributed by atoms with Gasteiger partial charge in [-0.25, -0.2) is 9.59 Å². The number of carboxylic acids is 2. The van der Waals surface area contributed by atoms with Crippen LogP contribution in [0.2, 0.25) is 0 Å². The Balaban J connectivity index is 1.51. The third kappa shape index (κ3) is 13.0. The SMILES string of the molecule is CN[C@@H]1C[C@H](OP)[C@@H](CO[C@]2(C(=O)O)C[C@@H](O[C@]3(C(=O)O)C[C@@H](O)[C@@H](O)[C@@H]([C@H](O)CO)O3)[C@@H](O[C@H]3O[C@H]([C@@H](O)CO)[C@@H](OP)[C@H](O)[C@@H]3O)[C@@H]([C@H](O)CO)O2)O[C@@H]1OC[C@H]1O[C@H](O)[C@H](N(C)C)C[C@@H]1O. The standard InChI is InChI=1S/C38H68N2O27P2/c1-39-13-4-20(66-68)23(60-33(13)57-11-22-15(44)5-14(40(2)3)32(52)59-22)12-58-37(35(53)54)7-21(63-38(36(55)56)6-16(45)24(49)27(64-38)17(46)8-41)30(29(65-37)19(48)10-43)62-34-26(51)25(50)31(67-69)28(61-34)18(47)9-42/h13-34,39,41-52H,4-12,68-69H2,1-3H3,(H,53,54)(H,55,56)/t13-,14-,15+,16-,17-,18+,19-,20+,21-,22-,23-,24-,25-,26+,27-,28-,29-,30-,31+,32+,33+,34-,37-,38-/m1/s1. The topological polar surface area (TPSA) is 434 Å². The van der Waals surface area contributed by atoms with Gasteiger partial charge in [0.15, 0.2) is 18.9 Å². The number of aliphatic hydroxyl groups is 12. The van der Waals surface area contributed by atoms with E-state index in [1.54, 1.807) is 35.5 Å². The molecule has 0 aliphatic carbocycles. The van der Waals surface area contributed by atoms with Crippen molar-refractivity contribution in [3.63, 3.8) is 0 Å². The van der Waals surface area contributed by atoms with Crippen molar-refractivity contribution >= 4 is 30.9 Å². The first kappa shape index (κ1) is 58.7. The molecule has 31 heteroatoms. The summed E-state index contributed by atoms with van der Waals surface area (Å²) in [7, 11) is 8.84. The number of ether oxygens (including phenoxy) is 9. The molecule has 0 aromatic rings. The zero-order chi connectivity index (χ0) is 51.3. The van der Waals surface area contributed by atoms with Crippen molar-refractivity contribution in [2.45, 2.75) is 172 Å². The van der Waals surface area contributed by atoms with Crippen LogP contribution in [0.25, 0.3) is 0 Å². The number of nitrogens with one attached hydrogen (secondary N) is 1. The number of likely N-dealkylation sites (N-methyl/N-ethyl adjacent to an activating group) is 2. The summed E-state index contributed by atoms with van der Waals surface area (Å²) in [4.78, 5) is 28.4. The third-order valence-electron chi connectivity index (χ3n) is 13.0. The number of hydrogen-bond donors (Lipinski definition) is 15. The minimum absolute atomic E-state index is 0.115. The minimum Gasteiger partial charge on any atom is -0.477 e. The normalized spacial score (nSPS) is 44.6. The van der Waals surface area contributed by atoms with Crippen molar-refractivity contribution in [2.75, 3.05) is 54.2 Å². The van der Waals surface area contributed by atoms with Gasteiger partial charge >= 0.3 is 11.9 Å². The predicted molar refractivity (Wildman–Crippen MR) is 228 cm³/mol. The summed E-state index contributed by atoms with van der Waals surface area (Å²) in [5.41, 5.74) is 0. The Morgan fingerprint density at radius 1 is 0.696 bits per heavy atom. The molecule has 0 radical (unpaired) electrons. The van der Waals surface area contributed by atoms with Crippen molar-refractivity contribution in [3.05, 3.63) is 0 Å². The first-order chi connectivity index (χ1) is 32.5. The Hall–Kier alpha value is -1.20. The van der Waals surface area contributed by atoms with E-state index in [-0.39, 0.29) is 19.4 Å². The highest BCUT2D eigenvalue weighted by molar-refractivity contribution is 7.10. The predicted octanol–water partition coefficient (Wildman–Crippen LogP) is -8.39. The summed E-state index contributed by atoms with van der Waals surface area (Å²) in [6, 6.07) is -1.12. The van der Waals surface area contributed by atoms with Crippen LogP contribution in [0.1, 0.15) is 25.7 Å². The van der Waals surface area contributed by atoms with E-state index >= 15 is 0 Å². The average Bonchev–Trinajstić information content (AvgIpc) is 3.32. The van der Waals surface area contributed by atoms with Crippen molar-refractivity contribution in [2.24, 2.45) is 0 Å². The molecular formula is C38H68N2O27P2. The highest BCUT2D eigenvalue weighted by Crippen LogP contribution is 2.43. The van der Waals surface area contributed by atoms with E-state index in [0.717, 1.165) is 0 Å². The van der Waals surface area contributed by atoms with Crippen LogP contribution in [0.4, 0.5) is 0 Å². The number of nitrogens with zero attached hydrogens (tertiary/aromatic N) is 1. The summed E-state index contributed by atoms with van der Waals surface area (Å²) in [6.45, 7) is -4.40. The van der Waals surface area contributed by atoms with E-state index in [0.29, 0.717) is 0 Å². The zero-order valence-corrected chi connectivity index (χ0v) is 40.0. The second kappa shape index (κ2) is 25.4. The molecule has 69 heavy (non-hydrogen) atoms. The second-order valence-corrected chi connectivity index (χ2v) is 18.2. The molecule has 0 aromatic heterocycles. The largest absolute Gasteiger partial charge is 0.477 e. The number of aliphatic hydroxyl groups excluding tert-OH is 12. The third-order valence-corrected chi connectivity index (χ3v) is 13.6. The Bertz CT molecular complexity index is 1640. The Kier molecular flexibility index (Phi) is 21.6. The van der Waals surface area contributed by atoms with Crippen molar-refractivity contribution < 1.29 is 133 Å². The van der Waals surface area contributed by atoms with Crippen LogP contribution in [0.15, 0.2) is 0 Å². The smallest absolute Gasteiger partial charge is 0.364 e. The fraction of sp³-hybridized carbons (Fsp3) is 0.947. The molecule has 29 nitrogen and oxygen atoms in total. The Labute approximate surface area is 399 Å². The van der Waals surface area contributed by atoms with E-state index in [1.807, 2.05) is 9.47 Å². The molecule has 5 fully saturated rings. The summed E-state index contributed by atoms with van der Waals surface area (Å²) >= 11 is 0. The zero-order valence-electron chi connectivity index (χ0n) is 37.7. The van der Waals surface area contributed by atoms with Gasteiger partial charge in [0.25, 0.3) is 11.6 Å². The van der Waals surface area contributed by atoms with E-state index in [1.165, 1.54) is 0 Å². The van der Waals surface area contributed by atoms with Gasteiger partial charge in [0.2, 0.25) is 0 Å². The number of carboxylic acid groups (broad SMARTS) is 2. The molecule has 0 amide bonds. The quantitative estimate of drug-likeness (QED) is 0.0448. The number of carbonyl (C=O) groups is 2. The van der Waals surface area contributed by atoms with Crippen molar-refractivity contribution in [1.82, 2.24) is 10.2 Å². The minimum atomic E-state index is -3.18. The molecule has 0 spiro atoms. The van der Waals surface area contributed by atoms with Crippen LogP contribution in [0.5, 0.6) is 0 Å². The molecule has 5 heterocycles. The van der Waals surface area contributed by atoms with Crippen LogP contribution >= 0.6 is 18.9 Å². The van der Waals surface area contributed by atoms with Gasteiger partial charge in [0, 0.05) is 31.8 Å². The molecule has 402 valence electrons. The van der Waals surface area contributed by atoms with Crippen LogP contribution in [-0.4, -0.2) is 289 Å². The van der Waals surface area contributed by atoms with Crippen LogP contribution in [-0.2, 0) is 61.3 Å². The van der Waals surface area contributed by atoms with Gasteiger partial charge < -0.3 is 133 Å². The molecule has 5 rings (SSSR count). The molecule has 0 saturated carbocycles. The maximum absolute atomic E-state index is 13.5. The summed E-state index contributed by atoms with van der Waals surface area (Å²) < 4.78 is 63.8. The molecular weight excluding hydrogens is 978 g/mol. The number of rotatable bonds is 22. The fourth-order valence-electron chi connectivity index (χ4n) is 8.93. The van der Waals surface area contributed by atoms with Crippen LogP contribution < -0.4 is 5.32 Å². The van der Waals surface area contributed by atoms with Crippen LogP contribution in [0, 0.1) is 0 Å². The highest BCUT2D eigenvalue weighted by atomic mass is 31.0. The van der Waals surface area contributed by atoms with Gasteiger partial charge in [0.1, 0.15) is 79.4 Å². The lowest BCUT2D eigenvalue weighted by molar-refractivity contribution is -0.399. The van der Waals surface area contributed by atoms with Crippen molar-refractivity contribution in [3.8, 4) is 0 Å². The van der Waals surface area contributed by atoms with Gasteiger partial charge in [0.05, 0.1) is 69.5 Å². The lowest BCUT2D eigenvalue weighted by Gasteiger charge is -2.52. The lowest BCUT2D eigenvalue weighted by Crippen LogP contribution is -2.70. The first-order valence-corrected chi connectivity index (χ1v) is 22.9. The van der Waals surface area contributed by atoms with Gasteiger partial charge in [-0.3, -0.25) is 0 Å². The Morgan fingerprint density at radius 3 is 1.87 bits per heavy atom. The van der Waals surface area contributed by atoms with Gasteiger partial charge in [-0.15, -0.1) is 0 Å². The second-order valence-electron chi connectivity index (χ2n) is 17.7. The number of hydrogen-bond acceptors (Lipinski definition) is 27. The first-order valence-electron chi connectivity index (χ1n) is 21.9. The number of aliphatic carboxylic acids is 2. The average molecular weight is 1050 g/mol.